The van der Waals surface area contributed by atoms with Crippen molar-refractivity contribution in [3.8, 4) is 10.6 Å². The van der Waals surface area contributed by atoms with Gasteiger partial charge < -0.3 is 5.11 Å². The summed E-state index contributed by atoms with van der Waals surface area (Å²) in [6.45, 7) is 7.25. The molecule has 0 radical (unpaired) electrons. The number of fused-ring (bicyclic) bond motifs is 1. The average Bonchev–Trinajstić information content (AvgIpc) is 3.16. The summed E-state index contributed by atoms with van der Waals surface area (Å²) in [6, 6.07) is 5.86. The van der Waals surface area contributed by atoms with Crippen molar-refractivity contribution in [2.75, 3.05) is 6.54 Å². The zero-order valence-electron chi connectivity index (χ0n) is 17.3. The topological polar surface area (TPSA) is 49.2 Å². The first-order valence-electron chi connectivity index (χ1n) is 10.1. The Balaban J connectivity index is 1.60. The maximum Gasteiger partial charge on any atom is 0.142 e. The highest BCUT2D eigenvalue weighted by Gasteiger charge is 2.40. The molecule has 2 atom stereocenters. The van der Waals surface area contributed by atoms with Crippen molar-refractivity contribution < 1.29 is 13.9 Å². The molecule has 4 rings (SSSR count). The van der Waals surface area contributed by atoms with Crippen molar-refractivity contribution in [3.63, 3.8) is 0 Å². The third-order valence-electron chi connectivity index (χ3n) is 6.15. The van der Waals surface area contributed by atoms with Crippen molar-refractivity contribution in [2.24, 2.45) is 0 Å². The standard InChI is InChI=1S/C23H25F2N3OS/c1-4-23(29,19-6-5-17(24)9-14(19)2)15(3)28-8-7-20-21(13-28)30-22(27-20)16-10-18(25)12-26-11-16/h5-6,9-12,15,29H,4,7-8,13H2,1-3H3. The van der Waals surface area contributed by atoms with Crippen LogP contribution in [0, 0.1) is 18.6 Å². The molecule has 4 nitrogen and oxygen atoms in total. The average molecular weight is 430 g/mol. The largest absolute Gasteiger partial charge is 0.384 e. The monoisotopic (exact) mass is 429 g/mol. The quantitative estimate of drug-likeness (QED) is 0.631. The number of nitrogens with zero attached hydrogens (tertiary/aromatic N) is 3. The Morgan fingerprint density at radius 1 is 1.23 bits per heavy atom. The second kappa shape index (κ2) is 8.13. The van der Waals surface area contributed by atoms with E-state index < -0.39 is 5.60 Å². The molecule has 0 amide bonds. The minimum absolute atomic E-state index is 0.166. The van der Waals surface area contributed by atoms with Gasteiger partial charge in [0.15, 0.2) is 0 Å². The normalized spacial score (nSPS) is 17.4. The van der Waals surface area contributed by atoms with E-state index in [4.69, 9.17) is 4.98 Å². The molecule has 1 aromatic carbocycles. The third kappa shape index (κ3) is 3.77. The fourth-order valence-corrected chi connectivity index (χ4v) is 5.44. The van der Waals surface area contributed by atoms with Crippen molar-refractivity contribution in [2.45, 2.75) is 51.8 Å². The van der Waals surface area contributed by atoms with Gasteiger partial charge in [0.25, 0.3) is 0 Å². The molecule has 1 aliphatic rings. The number of pyridine rings is 1. The number of halogens is 2. The summed E-state index contributed by atoms with van der Waals surface area (Å²) in [5.41, 5.74) is 2.14. The Bertz CT molecular complexity index is 1070. The van der Waals surface area contributed by atoms with Crippen molar-refractivity contribution >= 4 is 11.3 Å². The number of benzene rings is 1. The molecule has 2 aromatic heterocycles. The Kier molecular flexibility index (Phi) is 5.70. The van der Waals surface area contributed by atoms with E-state index >= 15 is 0 Å². The molecule has 7 heteroatoms. The number of aromatic nitrogens is 2. The highest BCUT2D eigenvalue weighted by molar-refractivity contribution is 7.15. The Hall–Kier alpha value is -2.22. The Morgan fingerprint density at radius 3 is 2.73 bits per heavy atom. The zero-order chi connectivity index (χ0) is 21.5. The first kappa shape index (κ1) is 21.0. The van der Waals surface area contributed by atoms with Gasteiger partial charge in [0.1, 0.15) is 22.2 Å². The molecule has 158 valence electrons. The van der Waals surface area contributed by atoms with Crippen molar-refractivity contribution in [1.29, 1.82) is 0 Å². The lowest BCUT2D eigenvalue weighted by Gasteiger charge is -2.42. The SMILES string of the molecule is CCC(O)(c1ccc(F)cc1C)C(C)N1CCc2nc(-c3cncc(F)c3)sc2C1. The number of hydrogen-bond donors (Lipinski definition) is 1. The maximum absolute atomic E-state index is 13.6. The molecule has 1 N–H and O–H groups in total. The van der Waals surface area contributed by atoms with E-state index in [1.807, 2.05) is 20.8 Å². The van der Waals surface area contributed by atoms with Crippen LogP contribution in [0.5, 0.6) is 0 Å². The van der Waals surface area contributed by atoms with Gasteiger partial charge in [-0.25, -0.2) is 13.8 Å². The highest BCUT2D eigenvalue weighted by atomic mass is 32.1. The van der Waals surface area contributed by atoms with Crippen LogP contribution < -0.4 is 0 Å². The fraction of sp³-hybridized carbons (Fsp3) is 0.391. The number of hydrogen-bond acceptors (Lipinski definition) is 5. The smallest absolute Gasteiger partial charge is 0.142 e. The van der Waals surface area contributed by atoms with E-state index in [0.29, 0.717) is 18.5 Å². The second-order valence-corrected chi connectivity index (χ2v) is 9.00. The summed E-state index contributed by atoms with van der Waals surface area (Å²) in [6.07, 6.45) is 4.10. The van der Waals surface area contributed by atoms with Crippen LogP contribution in [0.2, 0.25) is 0 Å². The van der Waals surface area contributed by atoms with Gasteiger partial charge >= 0.3 is 0 Å². The number of aryl methyl sites for hydroxylation is 1. The molecule has 1 aliphatic heterocycles. The van der Waals surface area contributed by atoms with E-state index in [-0.39, 0.29) is 17.7 Å². The molecular weight excluding hydrogens is 404 g/mol. The summed E-state index contributed by atoms with van der Waals surface area (Å²) >= 11 is 1.55. The van der Waals surface area contributed by atoms with Crippen molar-refractivity contribution in [3.05, 3.63) is 70.0 Å². The molecule has 0 bridgehead atoms. The summed E-state index contributed by atoms with van der Waals surface area (Å²) in [4.78, 5) is 12.0. The van der Waals surface area contributed by atoms with Gasteiger partial charge in [-0.15, -0.1) is 11.3 Å². The van der Waals surface area contributed by atoms with E-state index in [0.717, 1.165) is 39.7 Å². The third-order valence-corrected chi connectivity index (χ3v) is 7.28. The fourth-order valence-electron chi connectivity index (χ4n) is 4.32. The highest BCUT2D eigenvalue weighted by Crippen LogP contribution is 2.38. The lowest BCUT2D eigenvalue weighted by Crippen LogP contribution is -2.50. The minimum Gasteiger partial charge on any atom is -0.384 e. The molecule has 0 fully saturated rings. The molecule has 0 spiro atoms. The summed E-state index contributed by atoms with van der Waals surface area (Å²) in [5.74, 6) is -0.674. The second-order valence-electron chi connectivity index (χ2n) is 7.91. The van der Waals surface area contributed by atoms with E-state index in [1.165, 1.54) is 24.4 Å². The van der Waals surface area contributed by atoms with E-state index in [2.05, 4.69) is 9.88 Å². The number of aliphatic hydroxyl groups is 1. The van der Waals surface area contributed by atoms with Crippen LogP contribution >= 0.6 is 11.3 Å². The van der Waals surface area contributed by atoms with Crippen LogP contribution in [-0.4, -0.2) is 32.6 Å². The predicted octanol–water partition coefficient (Wildman–Crippen LogP) is 4.84. The lowest BCUT2D eigenvalue weighted by atomic mass is 9.81. The first-order valence-corrected chi connectivity index (χ1v) is 11.0. The van der Waals surface area contributed by atoms with Gasteiger partial charge in [0.05, 0.1) is 11.9 Å². The van der Waals surface area contributed by atoms with Crippen LogP contribution in [-0.2, 0) is 18.6 Å². The molecular formula is C23H25F2N3OS. The van der Waals surface area contributed by atoms with Gasteiger partial charge in [-0.2, -0.15) is 0 Å². The lowest BCUT2D eigenvalue weighted by molar-refractivity contribution is -0.0540. The summed E-state index contributed by atoms with van der Waals surface area (Å²) < 4.78 is 27.2. The van der Waals surface area contributed by atoms with Gasteiger partial charge in [0.2, 0.25) is 0 Å². The van der Waals surface area contributed by atoms with Crippen molar-refractivity contribution in [1.82, 2.24) is 14.9 Å². The maximum atomic E-state index is 13.6. The van der Waals surface area contributed by atoms with Crippen LogP contribution in [0.15, 0.2) is 36.7 Å². The van der Waals surface area contributed by atoms with Gasteiger partial charge in [-0.1, -0.05) is 13.0 Å². The zero-order valence-corrected chi connectivity index (χ0v) is 18.1. The molecule has 30 heavy (non-hydrogen) atoms. The molecule has 0 saturated heterocycles. The predicted molar refractivity (Wildman–Crippen MR) is 114 cm³/mol. The number of rotatable bonds is 5. The van der Waals surface area contributed by atoms with E-state index in [9.17, 15) is 13.9 Å². The summed E-state index contributed by atoms with van der Waals surface area (Å²) in [5, 5.41) is 12.4. The van der Waals surface area contributed by atoms with E-state index in [1.54, 1.807) is 23.6 Å². The number of thiazole rings is 1. The molecule has 3 aromatic rings. The molecule has 0 saturated carbocycles. The molecule has 2 unspecified atom stereocenters. The van der Waals surface area contributed by atoms with Crippen LogP contribution in [0.25, 0.3) is 10.6 Å². The van der Waals surface area contributed by atoms with Gasteiger partial charge in [0, 0.05) is 42.2 Å². The van der Waals surface area contributed by atoms with Gasteiger partial charge in [-0.05, 0) is 49.6 Å². The van der Waals surface area contributed by atoms with Crippen LogP contribution in [0.1, 0.15) is 42.0 Å². The van der Waals surface area contributed by atoms with Crippen LogP contribution in [0.4, 0.5) is 8.78 Å². The van der Waals surface area contributed by atoms with Gasteiger partial charge in [-0.3, -0.25) is 9.88 Å². The first-order chi connectivity index (χ1) is 14.3. The Labute approximate surface area is 179 Å². The Morgan fingerprint density at radius 2 is 2.03 bits per heavy atom. The summed E-state index contributed by atoms with van der Waals surface area (Å²) in [7, 11) is 0. The minimum atomic E-state index is -1.09. The molecule has 3 heterocycles. The van der Waals surface area contributed by atoms with Crippen LogP contribution in [0.3, 0.4) is 0 Å². The molecule has 0 aliphatic carbocycles.